The van der Waals surface area contributed by atoms with Gasteiger partial charge in [-0.1, -0.05) is 28.1 Å². The fourth-order valence-electron chi connectivity index (χ4n) is 2.26. The Kier molecular flexibility index (Phi) is 5.09. The van der Waals surface area contributed by atoms with E-state index >= 15 is 0 Å². The van der Waals surface area contributed by atoms with Gasteiger partial charge in [0.1, 0.15) is 11.5 Å². The van der Waals surface area contributed by atoms with Crippen LogP contribution in [0.2, 0.25) is 0 Å². The van der Waals surface area contributed by atoms with Gasteiger partial charge in [0.25, 0.3) is 5.91 Å². The summed E-state index contributed by atoms with van der Waals surface area (Å²) in [4.78, 5) is 20.7. The molecule has 2 aromatic carbocycles. The number of aryl methyl sites for hydroxylation is 1. The number of halogens is 1. The van der Waals surface area contributed by atoms with Crippen molar-refractivity contribution in [3.63, 3.8) is 0 Å². The first kappa shape index (κ1) is 17.1. The third-order valence-electron chi connectivity index (χ3n) is 3.85. The monoisotopic (exact) mass is 396 g/mol. The summed E-state index contributed by atoms with van der Waals surface area (Å²) < 4.78 is 0.951. The molecule has 0 unspecified atom stereocenters. The lowest BCUT2D eigenvalue weighted by molar-refractivity contribution is 0.102. The van der Waals surface area contributed by atoms with Crippen LogP contribution in [-0.2, 0) is 0 Å². The van der Waals surface area contributed by atoms with Crippen molar-refractivity contribution < 1.29 is 4.79 Å². The van der Waals surface area contributed by atoms with Crippen molar-refractivity contribution in [2.24, 2.45) is 0 Å². The van der Waals surface area contributed by atoms with E-state index in [1.165, 1.54) is 11.8 Å². The molecule has 0 saturated heterocycles. The average Bonchev–Trinajstić information content (AvgIpc) is 2.61. The zero-order chi connectivity index (χ0) is 17.8. The Morgan fingerprint density at radius 2 is 1.76 bits per heavy atom. The highest BCUT2D eigenvalue weighted by Crippen LogP contribution is 2.21. The largest absolute Gasteiger partial charge is 0.339 e. The zero-order valence-corrected chi connectivity index (χ0v) is 15.5. The van der Waals surface area contributed by atoms with E-state index in [1.54, 1.807) is 6.20 Å². The van der Waals surface area contributed by atoms with Crippen molar-refractivity contribution in [2.45, 2.75) is 13.8 Å². The molecular weight excluding hydrogens is 380 g/mol. The molecule has 1 aromatic heterocycles. The number of hydrogen-bond donors (Lipinski definition) is 2. The molecule has 0 fully saturated rings. The van der Waals surface area contributed by atoms with E-state index in [0.29, 0.717) is 11.5 Å². The van der Waals surface area contributed by atoms with Crippen molar-refractivity contribution >= 4 is 39.0 Å². The molecule has 0 saturated carbocycles. The van der Waals surface area contributed by atoms with Crippen LogP contribution in [0.15, 0.2) is 59.3 Å². The van der Waals surface area contributed by atoms with E-state index in [2.05, 4.69) is 49.5 Å². The van der Waals surface area contributed by atoms with E-state index in [9.17, 15) is 4.79 Å². The summed E-state index contributed by atoms with van der Waals surface area (Å²) >= 11 is 3.36. The number of rotatable bonds is 4. The van der Waals surface area contributed by atoms with Crippen molar-refractivity contribution in [3.05, 3.63) is 76.2 Å². The molecule has 126 valence electrons. The third-order valence-corrected chi connectivity index (χ3v) is 4.38. The maximum atomic E-state index is 12.2. The Morgan fingerprint density at radius 3 is 2.44 bits per heavy atom. The molecule has 0 radical (unpaired) electrons. The number of nitrogens with one attached hydrogen (secondary N) is 2. The molecule has 5 nitrogen and oxygen atoms in total. The standard InChI is InChI=1S/C19H17BrN4O/c1-12-4-3-5-16(13(12)2)24-18-11-21-17(10-22-18)19(25)23-15-8-6-14(20)7-9-15/h3-11H,1-2H3,(H,22,24)(H,23,25). The predicted octanol–water partition coefficient (Wildman–Crippen LogP) is 4.85. The number of aromatic nitrogens is 2. The summed E-state index contributed by atoms with van der Waals surface area (Å²) in [5.41, 5.74) is 4.29. The van der Waals surface area contributed by atoms with Gasteiger partial charge in [-0.15, -0.1) is 0 Å². The molecule has 3 aromatic rings. The molecule has 3 rings (SSSR count). The normalized spacial score (nSPS) is 10.4. The maximum absolute atomic E-state index is 12.2. The Labute approximate surface area is 154 Å². The molecule has 0 atom stereocenters. The molecule has 1 amide bonds. The van der Waals surface area contributed by atoms with Gasteiger partial charge in [0.05, 0.1) is 12.4 Å². The summed E-state index contributed by atoms with van der Waals surface area (Å²) in [7, 11) is 0. The van der Waals surface area contributed by atoms with Gasteiger partial charge in [-0.2, -0.15) is 0 Å². The SMILES string of the molecule is Cc1cccc(Nc2cnc(C(=O)Nc3ccc(Br)cc3)cn2)c1C. The molecule has 1 heterocycles. The number of hydrogen-bond acceptors (Lipinski definition) is 4. The summed E-state index contributed by atoms with van der Waals surface area (Å²) in [5.74, 6) is 0.294. The van der Waals surface area contributed by atoms with Crippen LogP contribution < -0.4 is 10.6 Å². The highest BCUT2D eigenvalue weighted by molar-refractivity contribution is 9.10. The van der Waals surface area contributed by atoms with Crippen LogP contribution in [-0.4, -0.2) is 15.9 Å². The predicted molar refractivity (Wildman–Crippen MR) is 103 cm³/mol. The van der Waals surface area contributed by atoms with Crippen LogP contribution in [0.4, 0.5) is 17.2 Å². The molecule has 0 aliphatic carbocycles. The summed E-state index contributed by atoms with van der Waals surface area (Å²) in [5, 5.41) is 6.01. The quantitative estimate of drug-likeness (QED) is 0.661. The topological polar surface area (TPSA) is 66.9 Å². The first-order chi connectivity index (χ1) is 12.0. The van der Waals surface area contributed by atoms with Crippen molar-refractivity contribution in [2.75, 3.05) is 10.6 Å². The van der Waals surface area contributed by atoms with E-state index in [1.807, 2.05) is 43.3 Å². The van der Waals surface area contributed by atoms with E-state index < -0.39 is 0 Å². The Balaban J connectivity index is 1.70. The molecule has 25 heavy (non-hydrogen) atoms. The molecule has 0 spiro atoms. The molecule has 6 heteroatoms. The van der Waals surface area contributed by atoms with Crippen LogP contribution in [0.3, 0.4) is 0 Å². The van der Waals surface area contributed by atoms with Gasteiger partial charge in [0.2, 0.25) is 0 Å². The Morgan fingerprint density at radius 1 is 1.00 bits per heavy atom. The van der Waals surface area contributed by atoms with Crippen LogP contribution in [0.5, 0.6) is 0 Å². The number of nitrogens with zero attached hydrogens (tertiary/aromatic N) is 2. The minimum Gasteiger partial charge on any atom is -0.339 e. The second-order valence-corrected chi connectivity index (χ2v) is 6.54. The molecular formula is C19H17BrN4O. The van der Waals surface area contributed by atoms with Crippen molar-refractivity contribution in [3.8, 4) is 0 Å². The average molecular weight is 397 g/mol. The minimum absolute atomic E-state index is 0.259. The van der Waals surface area contributed by atoms with Crippen LogP contribution in [0.1, 0.15) is 21.6 Å². The minimum atomic E-state index is -0.298. The zero-order valence-electron chi connectivity index (χ0n) is 13.9. The van der Waals surface area contributed by atoms with Gasteiger partial charge in [0, 0.05) is 15.8 Å². The molecule has 0 aliphatic heterocycles. The number of carbonyl (C=O) groups excluding carboxylic acids is 1. The molecule has 2 N–H and O–H groups in total. The van der Waals surface area contributed by atoms with Gasteiger partial charge in [0.15, 0.2) is 0 Å². The first-order valence-electron chi connectivity index (χ1n) is 7.75. The maximum Gasteiger partial charge on any atom is 0.275 e. The fourth-order valence-corrected chi connectivity index (χ4v) is 2.53. The van der Waals surface area contributed by atoms with Crippen LogP contribution in [0, 0.1) is 13.8 Å². The second-order valence-electron chi connectivity index (χ2n) is 5.62. The van der Waals surface area contributed by atoms with E-state index in [4.69, 9.17) is 0 Å². The van der Waals surface area contributed by atoms with Crippen molar-refractivity contribution in [1.82, 2.24) is 9.97 Å². The number of anilines is 3. The van der Waals surface area contributed by atoms with Gasteiger partial charge in [-0.25, -0.2) is 9.97 Å². The van der Waals surface area contributed by atoms with E-state index in [-0.39, 0.29) is 11.6 Å². The number of carbonyl (C=O) groups is 1. The van der Waals surface area contributed by atoms with Gasteiger partial charge < -0.3 is 10.6 Å². The first-order valence-corrected chi connectivity index (χ1v) is 8.54. The van der Waals surface area contributed by atoms with Gasteiger partial charge >= 0.3 is 0 Å². The number of amides is 1. The molecule has 0 aliphatic rings. The van der Waals surface area contributed by atoms with Gasteiger partial charge in [-0.05, 0) is 55.3 Å². The van der Waals surface area contributed by atoms with E-state index in [0.717, 1.165) is 15.7 Å². The lowest BCUT2D eigenvalue weighted by atomic mass is 10.1. The second kappa shape index (κ2) is 7.44. The van der Waals surface area contributed by atoms with Crippen LogP contribution >= 0.6 is 15.9 Å². The lowest BCUT2D eigenvalue weighted by Gasteiger charge is -2.11. The summed E-state index contributed by atoms with van der Waals surface area (Å²) in [6.45, 7) is 4.10. The Bertz CT molecular complexity index is 892. The third kappa shape index (κ3) is 4.22. The van der Waals surface area contributed by atoms with Crippen LogP contribution in [0.25, 0.3) is 0 Å². The Hall–Kier alpha value is -2.73. The highest BCUT2D eigenvalue weighted by Gasteiger charge is 2.09. The summed E-state index contributed by atoms with van der Waals surface area (Å²) in [6.07, 6.45) is 3.01. The van der Waals surface area contributed by atoms with Gasteiger partial charge in [-0.3, -0.25) is 4.79 Å². The smallest absolute Gasteiger partial charge is 0.275 e. The lowest BCUT2D eigenvalue weighted by Crippen LogP contribution is -2.14. The fraction of sp³-hybridized carbons (Fsp3) is 0.105. The summed E-state index contributed by atoms with van der Waals surface area (Å²) in [6, 6.07) is 13.4. The highest BCUT2D eigenvalue weighted by atomic mass is 79.9. The number of benzene rings is 2. The van der Waals surface area contributed by atoms with Crippen molar-refractivity contribution in [1.29, 1.82) is 0 Å². The molecule has 0 bridgehead atoms.